The summed E-state index contributed by atoms with van der Waals surface area (Å²) in [6.07, 6.45) is 0. The highest BCUT2D eigenvalue weighted by Crippen LogP contribution is 2.27. The molecular formula is C15H8ClFO2. The molecule has 0 saturated heterocycles. The molecule has 19 heavy (non-hydrogen) atoms. The van der Waals surface area contributed by atoms with E-state index in [4.69, 9.17) is 16.0 Å². The Morgan fingerprint density at radius 2 is 1.89 bits per heavy atom. The zero-order valence-corrected chi connectivity index (χ0v) is 10.4. The Labute approximate surface area is 113 Å². The maximum Gasteiger partial charge on any atom is 0.228 e. The molecule has 0 aliphatic carbocycles. The van der Waals surface area contributed by atoms with Crippen LogP contribution in [0.4, 0.5) is 4.39 Å². The average molecular weight is 275 g/mol. The molecule has 0 N–H and O–H groups in total. The third-order valence-corrected chi connectivity index (χ3v) is 3.10. The summed E-state index contributed by atoms with van der Waals surface area (Å²) >= 11 is 5.98. The number of benzene rings is 2. The molecule has 0 radical (unpaired) electrons. The van der Waals surface area contributed by atoms with Crippen molar-refractivity contribution in [1.29, 1.82) is 0 Å². The maximum absolute atomic E-state index is 13.1. The van der Waals surface area contributed by atoms with E-state index >= 15 is 0 Å². The van der Waals surface area contributed by atoms with E-state index in [9.17, 15) is 9.18 Å². The molecule has 0 unspecified atom stereocenters. The van der Waals surface area contributed by atoms with Gasteiger partial charge in [0.15, 0.2) is 11.3 Å². The van der Waals surface area contributed by atoms with Crippen LogP contribution in [0.25, 0.3) is 11.0 Å². The summed E-state index contributed by atoms with van der Waals surface area (Å²) in [5, 5.41) is 1.18. The van der Waals surface area contributed by atoms with Gasteiger partial charge in [0.05, 0.1) is 5.02 Å². The lowest BCUT2D eigenvalue weighted by Gasteiger charge is -1.97. The van der Waals surface area contributed by atoms with Gasteiger partial charge in [-0.2, -0.15) is 0 Å². The van der Waals surface area contributed by atoms with Crippen LogP contribution in [0.5, 0.6) is 0 Å². The number of halogens is 2. The van der Waals surface area contributed by atoms with Crippen molar-refractivity contribution in [2.75, 3.05) is 0 Å². The molecule has 0 atom stereocenters. The van der Waals surface area contributed by atoms with Crippen LogP contribution < -0.4 is 0 Å². The number of hydrogen-bond acceptors (Lipinski definition) is 2. The minimum atomic E-state index is -0.458. The molecule has 0 amide bonds. The SMILES string of the molecule is O=C(c1cccc(F)c1)c1cc2cccc(Cl)c2o1. The Kier molecular flexibility index (Phi) is 2.84. The first kappa shape index (κ1) is 11.9. The van der Waals surface area contributed by atoms with E-state index in [0.29, 0.717) is 10.6 Å². The van der Waals surface area contributed by atoms with Crippen molar-refractivity contribution in [2.45, 2.75) is 0 Å². The normalized spacial score (nSPS) is 10.8. The summed E-state index contributed by atoms with van der Waals surface area (Å²) < 4.78 is 18.6. The van der Waals surface area contributed by atoms with Crippen LogP contribution in [0.3, 0.4) is 0 Å². The molecule has 1 heterocycles. The van der Waals surface area contributed by atoms with Crippen LogP contribution in [0.2, 0.25) is 5.02 Å². The van der Waals surface area contributed by atoms with Gasteiger partial charge in [-0.1, -0.05) is 35.9 Å². The second kappa shape index (κ2) is 4.52. The number of ketones is 1. The van der Waals surface area contributed by atoms with Crippen molar-refractivity contribution in [3.05, 3.63) is 70.7 Å². The first-order valence-corrected chi connectivity index (χ1v) is 6.01. The van der Waals surface area contributed by atoms with Gasteiger partial charge >= 0.3 is 0 Å². The summed E-state index contributed by atoms with van der Waals surface area (Å²) in [7, 11) is 0. The fraction of sp³-hybridized carbons (Fsp3) is 0. The Balaban J connectivity index is 2.09. The minimum absolute atomic E-state index is 0.147. The molecule has 2 aromatic carbocycles. The van der Waals surface area contributed by atoms with Gasteiger partial charge in [0.1, 0.15) is 5.82 Å². The van der Waals surface area contributed by atoms with Crippen LogP contribution in [0, 0.1) is 5.82 Å². The molecule has 0 aliphatic rings. The quantitative estimate of drug-likeness (QED) is 0.646. The zero-order chi connectivity index (χ0) is 13.4. The van der Waals surface area contributed by atoms with Gasteiger partial charge in [-0.15, -0.1) is 0 Å². The van der Waals surface area contributed by atoms with Crippen LogP contribution in [-0.4, -0.2) is 5.78 Å². The smallest absolute Gasteiger partial charge is 0.228 e. The fourth-order valence-electron chi connectivity index (χ4n) is 1.91. The van der Waals surface area contributed by atoms with E-state index in [2.05, 4.69) is 0 Å². The van der Waals surface area contributed by atoms with Gasteiger partial charge in [-0.3, -0.25) is 4.79 Å². The van der Waals surface area contributed by atoms with Crippen LogP contribution in [-0.2, 0) is 0 Å². The molecule has 0 fully saturated rings. The molecular weight excluding hydrogens is 267 g/mol. The predicted octanol–water partition coefficient (Wildman–Crippen LogP) is 4.46. The number of fused-ring (bicyclic) bond motifs is 1. The lowest BCUT2D eigenvalue weighted by molar-refractivity contribution is 0.101. The molecule has 3 rings (SSSR count). The van der Waals surface area contributed by atoms with Crippen molar-refractivity contribution < 1.29 is 13.6 Å². The number of para-hydroxylation sites is 1. The Hall–Kier alpha value is -2.13. The summed E-state index contributed by atoms with van der Waals surface area (Å²) in [6, 6.07) is 12.4. The topological polar surface area (TPSA) is 30.2 Å². The van der Waals surface area contributed by atoms with Crippen LogP contribution in [0.15, 0.2) is 52.9 Å². The average Bonchev–Trinajstić information content (AvgIpc) is 2.83. The largest absolute Gasteiger partial charge is 0.451 e. The highest BCUT2D eigenvalue weighted by Gasteiger charge is 2.16. The molecule has 94 valence electrons. The highest BCUT2D eigenvalue weighted by atomic mass is 35.5. The monoisotopic (exact) mass is 274 g/mol. The van der Waals surface area contributed by atoms with Gasteiger partial charge in [0.25, 0.3) is 0 Å². The van der Waals surface area contributed by atoms with Gasteiger partial charge in [0.2, 0.25) is 5.78 Å². The summed E-state index contributed by atoms with van der Waals surface area (Å²) in [5.74, 6) is -0.680. The summed E-state index contributed by atoms with van der Waals surface area (Å²) in [4.78, 5) is 12.2. The van der Waals surface area contributed by atoms with E-state index < -0.39 is 5.82 Å². The van der Waals surface area contributed by atoms with Crippen molar-refractivity contribution in [3.8, 4) is 0 Å². The molecule has 0 bridgehead atoms. The van der Waals surface area contributed by atoms with Gasteiger partial charge in [-0.05, 0) is 24.3 Å². The zero-order valence-electron chi connectivity index (χ0n) is 9.69. The highest BCUT2D eigenvalue weighted by molar-refractivity contribution is 6.35. The second-order valence-electron chi connectivity index (χ2n) is 4.11. The number of furan rings is 1. The van der Waals surface area contributed by atoms with Gasteiger partial charge < -0.3 is 4.42 Å². The van der Waals surface area contributed by atoms with E-state index in [1.807, 2.05) is 0 Å². The van der Waals surface area contributed by atoms with E-state index in [-0.39, 0.29) is 17.1 Å². The number of rotatable bonds is 2. The number of carbonyl (C=O) groups excluding carboxylic acids is 1. The fourth-order valence-corrected chi connectivity index (χ4v) is 2.13. The van der Waals surface area contributed by atoms with E-state index in [1.54, 1.807) is 30.3 Å². The third kappa shape index (κ3) is 2.13. The van der Waals surface area contributed by atoms with Crippen molar-refractivity contribution >= 4 is 28.4 Å². The lowest BCUT2D eigenvalue weighted by atomic mass is 10.1. The maximum atomic E-state index is 13.1. The number of carbonyl (C=O) groups is 1. The van der Waals surface area contributed by atoms with Gasteiger partial charge in [-0.25, -0.2) is 4.39 Å². The Morgan fingerprint density at radius 1 is 1.11 bits per heavy atom. The Bertz CT molecular complexity index is 777. The van der Waals surface area contributed by atoms with Gasteiger partial charge in [0, 0.05) is 10.9 Å². The third-order valence-electron chi connectivity index (χ3n) is 2.81. The predicted molar refractivity (Wildman–Crippen MR) is 71.1 cm³/mol. The lowest BCUT2D eigenvalue weighted by Crippen LogP contribution is -1.99. The molecule has 0 saturated carbocycles. The molecule has 3 aromatic rings. The van der Waals surface area contributed by atoms with Crippen LogP contribution in [0.1, 0.15) is 16.1 Å². The first-order valence-electron chi connectivity index (χ1n) is 5.63. The minimum Gasteiger partial charge on any atom is -0.451 e. The first-order chi connectivity index (χ1) is 9.15. The molecule has 0 spiro atoms. The summed E-state index contributed by atoms with van der Waals surface area (Å²) in [5.41, 5.74) is 0.707. The second-order valence-corrected chi connectivity index (χ2v) is 4.52. The van der Waals surface area contributed by atoms with Crippen LogP contribution >= 0.6 is 11.6 Å². The molecule has 2 nitrogen and oxygen atoms in total. The molecule has 4 heteroatoms. The Morgan fingerprint density at radius 3 is 2.63 bits per heavy atom. The molecule has 1 aromatic heterocycles. The van der Waals surface area contributed by atoms with E-state index in [1.165, 1.54) is 18.2 Å². The van der Waals surface area contributed by atoms with Crippen molar-refractivity contribution in [3.63, 3.8) is 0 Å². The van der Waals surface area contributed by atoms with E-state index in [0.717, 1.165) is 5.39 Å². The summed E-state index contributed by atoms with van der Waals surface area (Å²) in [6.45, 7) is 0. The number of hydrogen-bond donors (Lipinski definition) is 0. The standard InChI is InChI=1S/C15H8ClFO2/c16-12-6-2-4-10-8-13(19-15(10)12)14(18)9-3-1-5-11(17)7-9/h1-8H. The van der Waals surface area contributed by atoms with Crippen molar-refractivity contribution in [2.24, 2.45) is 0 Å². The molecule has 0 aliphatic heterocycles. The van der Waals surface area contributed by atoms with Crippen molar-refractivity contribution in [1.82, 2.24) is 0 Å².